The van der Waals surface area contributed by atoms with Gasteiger partial charge in [-0.15, -0.1) is 0 Å². The molecule has 3 nitrogen and oxygen atoms in total. The molecule has 1 heterocycles. The van der Waals surface area contributed by atoms with Gasteiger partial charge in [-0.3, -0.25) is 0 Å². The standard InChI is InChI=1S/C15H16N2O/c1-12-10-13(2)17(16-12)15-8-5-7-14(11-15)6-3-4-9-18/h5,7-8,10-11,18H,4,9H2,1-2H3. The predicted octanol–water partition coefficient (Wildman–Crippen LogP) is 2.22. The van der Waals surface area contributed by atoms with Gasteiger partial charge in [-0.05, 0) is 38.1 Å². The van der Waals surface area contributed by atoms with E-state index < -0.39 is 0 Å². The molecule has 2 aromatic rings. The van der Waals surface area contributed by atoms with Crippen molar-refractivity contribution in [2.75, 3.05) is 6.61 Å². The largest absolute Gasteiger partial charge is 0.395 e. The number of rotatable bonds is 2. The van der Waals surface area contributed by atoms with Gasteiger partial charge in [-0.25, -0.2) is 4.68 Å². The van der Waals surface area contributed by atoms with Crippen LogP contribution in [0.15, 0.2) is 30.3 Å². The molecule has 18 heavy (non-hydrogen) atoms. The Bertz CT molecular complexity index is 602. The quantitative estimate of drug-likeness (QED) is 0.817. The van der Waals surface area contributed by atoms with Crippen LogP contribution in [0.4, 0.5) is 0 Å². The molecule has 3 heteroatoms. The van der Waals surface area contributed by atoms with Crippen LogP contribution in [0.2, 0.25) is 0 Å². The van der Waals surface area contributed by atoms with Crippen LogP contribution in [0.1, 0.15) is 23.4 Å². The molecular weight excluding hydrogens is 224 g/mol. The van der Waals surface area contributed by atoms with Crippen LogP contribution in [-0.4, -0.2) is 21.5 Å². The summed E-state index contributed by atoms with van der Waals surface area (Å²) in [7, 11) is 0. The fraction of sp³-hybridized carbons (Fsp3) is 0.267. The van der Waals surface area contributed by atoms with Crippen LogP contribution >= 0.6 is 0 Å². The van der Waals surface area contributed by atoms with E-state index in [1.165, 1.54) is 0 Å². The molecule has 0 aliphatic rings. The molecule has 1 aromatic carbocycles. The SMILES string of the molecule is Cc1cc(C)n(-c2cccc(C#CCCO)c2)n1. The Labute approximate surface area is 107 Å². The van der Waals surface area contributed by atoms with Crippen molar-refractivity contribution in [1.29, 1.82) is 0 Å². The molecule has 0 amide bonds. The molecule has 1 aromatic heterocycles. The van der Waals surface area contributed by atoms with Crippen molar-refractivity contribution in [2.24, 2.45) is 0 Å². The summed E-state index contributed by atoms with van der Waals surface area (Å²) < 4.78 is 1.91. The molecule has 92 valence electrons. The molecule has 0 bridgehead atoms. The Kier molecular flexibility index (Phi) is 3.81. The van der Waals surface area contributed by atoms with Gasteiger partial charge < -0.3 is 5.11 Å². The zero-order valence-corrected chi connectivity index (χ0v) is 10.6. The van der Waals surface area contributed by atoms with Gasteiger partial charge in [0, 0.05) is 17.7 Å². The second-order valence-corrected chi connectivity index (χ2v) is 4.16. The molecule has 0 fully saturated rings. The molecule has 0 saturated carbocycles. The van der Waals surface area contributed by atoms with Crippen LogP contribution < -0.4 is 0 Å². The Morgan fingerprint density at radius 2 is 2.11 bits per heavy atom. The maximum atomic E-state index is 8.70. The zero-order valence-electron chi connectivity index (χ0n) is 10.6. The lowest BCUT2D eigenvalue weighted by Crippen LogP contribution is -1.99. The Hall–Kier alpha value is -2.05. The maximum absolute atomic E-state index is 8.70. The van der Waals surface area contributed by atoms with Gasteiger partial charge in [-0.2, -0.15) is 5.10 Å². The molecule has 0 saturated heterocycles. The van der Waals surface area contributed by atoms with E-state index in [0.29, 0.717) is 6.42 Å². The third-order valence-electron chi connectivity index (χ3n) is 2.57. The summed E-state index contributed by atoms with van der Waals surface area (Å²) in [5.41, 5.74) is 4.06. The summed E-state index contributed by atoms with van der Waals surface area (Å²) in [5, 5.41) is 13.1. The zero-order chi connectivity index (χ0) is 13.0. The Balaban J connectivity index is 2.33. The molecule has 1 N–H and O–H groups in total. The Morgan fingerprint density at radius 3 is 2.78 bits per heavy atom. The summed E-state index contributed by atoms with van der Waals surface area (Å²) in [6.45, 7) is 4.11. The number of hydrogen-bond acceptors (Lipinski definition) is 2. The normalized spacial score (nSPS) is 9.94. The van der Waals surface area contributed by atoms with Crippen molar-refractivity contribution in [3.8, 4) is 17.5 Å². The highest BCUT2D eigenvalue weighted by Crippen LogP contribution is 2.13. The van der Waals surface area contributed by atoms with Crippen molar-refractivity contribution in [3.05, 3.63) is 47.3 Å². The molecular formula is C15H16N2O. The third kappa shape index (κ3) is 2.79. The first-order chi connectivity index (χ1) is 8.70. The molecule has 0 aliphatic carbocycles. The minimum atomic E-state index is 0.101. The average Bonchev–Trinajstić information content (AvgIpc) is 2.69. The van der Waals surface area contributed by atoms with E-state index in [1.54, 1.807) is 0 Å². The molecule has 0 atom stereocenters. The number of nitrogens with zero attached hydrogens (tertiary/aromatic N) is 2. The number of hydrogen-bond donors (Lipinski definition) is 1. The fourth-order valence-electron chi connectivity index (χ4n) is 1.83. The van der Waals surface area contributed by atoms with Gasteiger partial charge in [0.05, 0.1) is 18.0 Å². The second-order valence-electron chi connectivity index (χ2n) is 4.16. The van der Waals surface area contributed by atoms with E-state index >= 15 is 0 Å². The van der Waals surface area contributed by atoms with E-state index in [9.17, 15) is 0 Å². The highest BCUT2D eigenvalue weighted by atomic mass is 16.2. The van der Waals surface area contributed by atoms with Crippen LogP contribution in [-0.2, 0) is 0 Å². The summed E-state index contributed by atoms with van der Waals surface area (Å²) in [6, 6.07) is 9.99. The average molecular weight is 240 g/mol. The van der Waals surface area contributed by atoms with E-state index in [1.807, 2.05) is 48.9 Å². The highest BCUT2D eigenvalue weighted by molar-refractivity contribution is 5.44. The van der Waals surface area contributed by atoms with Crippen molar-refractivity contribution in [1.82, 2.24) is 9.78 Å². The number of benzene rings is 1. The molecule has 0 aliphatic heterocycles. The first-order valence-corrected chi connectivity index (χ1v) is 5.94. The van der Waals surface area contributed by atoms with Gasteiger partial charge in [0.15, 0.2) is 0 Å². The number of aromatic nitrogens is 2. The van der Waals surface area contributed by atoms with Crippen molar-refractivity contribution in [2.45, 2.75) is 20.3 Å². The molecule has 0 spiro atoms. The summed E-state index contributed by atoms with van der Waals surface area (Å²) in [6.07, 6.45) is 0.504. The monoisotopic (exact) mass is 240 g/mol. The first-order valence-electron chi connectivity index (χ1n) is 5.94. The second kappa shape index (κ2) is 5.52. The lowest BCUT2D eigenvalue weighted by molar-refractivity contribution is 0.305. The molecule has 0 radical (unpaired) electrons. The Morgan fingerprint density at radius 1 is 1.28 bits per heavy atom. The minimum absolute atomic E-state index is 0.101. The number of aliphatic hydroxyl groups is 1. The summed E-state index contributed by atoms with van der Waals surface area (Å²) in [5.74, 6) is 5.95. The summed E-state index contributed by atoms with van der Waals surface area (Å²) >= 11 is 0. The maximum Gasteiger partial charge on any atom is 0.0661 e. The van der Waals surface area contributed by atoms with Crippen LogP contribution in [0, 0.1) is 25.7 Å². The third-order valence-corrected chi connectivity index (χ3v) is 2.57. The molecule has 2 rings (SSSR count). The summed E-state index contributed by atoms with van der Waals surface area (Å²) in [4.78, 5) is 0. The van der Waals surface area contributed by atoms with Gasteiger partial charge in [0.2, 0.25) is 0 Å². The fourth-order valence-corrected chi connectivity index (χ4v) is 1.83. The number of aryl methyl sites for hydroxylation is 2. The topological polar surface area (TPSA) is 38.0 Å². The lowest BCUT2D eigenvalue weighted by atomic mass is 10.2. The van der Waals surface area contributed by atoms with Crippen molar-refractivity contribution in [3.63, 3.8) is 0 Å². The first kappa shape index (κ1) is 12.4. The van der Waals surface area contributed by atoms with Crippen molar-refractivity contribution >= 4 is 0 Å². The van der Waals surface area contributed by atoms with Crippen molar-refractivity contribution < 1.29 is 5.11 Å². The minimum Gasteiger partial charge on any atom is -0.395 e. The smallest absolute Gasteiger partial charge is 0.0661 e. The van der Waals surface area contributed by atoms with Crippen LogP contribution in [0.3, 0.4) is 0 Å². The van der Waals surface area contributed by atoms with Crippen LogP contribution in [0.5, 0.6) is 0 Å². The van der Waals surface area contributed by atoms with E-state index in [-0.39, 0.29) is 6.61 Å². The predicted molar refractivity (Wildman–Crippen MR) is 71.6 cm³/mol. The molecule has 0 unspecified atom stereocenters. The van der Waals surface area contributed by atoms with Gasteiger partial charge in [-0.1, -0.05) is 17.9 Å². The lowest BCUT2D eigenvalue weighted by Gasteiger charge is -2.04. The van der Waals surface area contributed by atoms with Gasteiger partial charge in [0.25, 0.3) is 0 Å². The van der Waals surface area contributed by atoms with Gasteiger partial charge in [0.1, 0.15) is 0 Å². The number of aliphatic hydroxyl groups excluding tert-OH is 1. The van der Waals surface area contributed by atoms with Gasteiger partial charge >= 0.3 is 0 Å². The van der Waals surface area contributed by atoms with E-state index in [0.717, 1.165) is 22.6 Å². The van der Waals surface area contributed by atoms with Crippen LogP contribution in [0.25, 0.3) is 5.69 Å². The van der Waals surface area contributed by atoms with E-state index in [4.69, 9.17) is 5.11 Å². The highest BCUT2D eigenvalue weighted by Gasteiger charge is 2.03. The van der Waals surface area contributed by atoms with E-state index in [2.05, 4.69) is 16.9 Å².